The zero-order chi connectivity index (χ0) is 25.8. The Balaban J connectivity index is 1.99. The van der Waals surface area contributed by atoms with Gasteiger partial charge in [-0.15, -0.1) is 0 Å². The van der Waals surface area contributed by atoms with Crippen LogP contribution in [0.1, 0.15) is 5.56 Å². The van der Waals surface area contributed by atoms with Gasteiger partial charge < -0.3 is 30.0 Å². The number of rotatable bonds is 9. The molecule has 0 aliphatic carbocycles. The Hall–Kier alpha value is -3.55. The van der Waals surface area contributed by atoms with Crippen LogP contribution >= 0.6 is 18.7 Å². The SMILES string of the molecule is C=CC(=O)Nc1cc(Nc2ncc(Cl)c(Nc3cccc(C)c3P(C)(C)=O)n2)c(OC)cc1OC. The molecule has 11 heteroatoms. The number of carbonyl (C=O) groups excluding carboxylic acids is 1. The number of aryl methyl sites for hydroxylation is 1. The van der Waals surface area contributed by atoms with Crippen molar-refractivity contribution in [1.29, 1.82) is 0 Å². The molecule has 1 amide bonds. The molecule has 3 aromatic rings. The van der Waals surface area contributed by atoms with E-state index in [1.54, 1.807) is 25.5 Å². The van der Waals surface area contributed by atoms with Gasteiger partial charge in [-0.2, -0.15) is 4.98 Å². The van der Waals surface area contributed by atoms with E-state index in [0.717, 1.165) is 16.9 Å². The maximum absolute atomic E-state index is 12.9. The summed E-state index contributed by atoms with van der Waals surface area (Å²) in [5.41, 5.74) is 2.44. The fourth-order valence-corrected chi connectivity index (χ4v) is 5.29. The maximum atomic E-state index is 12.9. The van der Waals surface area contributed by atoms with Gasteiger partial charge in [0.2, 0.25) is 11.9 Å². The van der Waals surface area contributed by atoms with Gasteiger partial charge in [0.15, 0.2) is 5.82 Å². The molecule has 0 bridgehead atoms. The van der Waals surface area contributed by atoms with E-state index in [0.29, 0.717) is 34.4 Å². The Morgan fingerprint density at radius 1 is 1.09 bits per heavy atom. The van der Waals surface area contributed by atoms with Crippen LogP contribution in [0.25, 0.3) is 0 Å². The lowest BCUT2D eigenvalue weighted by Gasteiger charge is -2.18. The van der Waals surface area contributed by atoms with Crippen molar-refractivity contribution in [3.05, 3.63) is 59.8 Å². The van der Waals surface area contributed by atoms with Gasteiger partial charge in [0, 0.05) is 11.4 Å². The molecule has 0 saturated carbocycles. The minimum absolute atomic E-state index is 0.215. The zero-order valence-corrected chi connectivity index (χ0v) is 21.8. The zero-order valence-electron chi connectivity index (χ0n) is 20.1. The van der Waals surface area contributed by atoms with Crippen molar-refractivity contribution >= 4 is 58.8 Å². The maximum Gasteiger partial charge on any atom is 0.247 e. The third-order valence-corrected chi connectivity index (χ3v) is 6.93. The number of benzene rings is 2. The van der Waals surface area contributed by atoms with E-state index >= 15 is 0 Å². The first-order valence-corrected chi connectivity index (χ1v) is 13.5. The number of carbonyl (C=O) groups is 1. The number of nitrogens with one attached hydrogen (secondary N) is 3. The molecule has 9 nitrogen and oxygen atoms in total. The van der Waals surface area contributed by atoms with E-state index in [2.05, 4.69) is 32.5 Å². The number of halogens is 1. The van der Waals surface area contributed by atoms with Crippen LogP contribution in [0.3, 0.4) is 0 Å². The highest BCUT2D eigenvalue weighted by Gasteiger charge is 2.20. The Morgan fingerprint density at radius 3 is 2.40 bits per heavy atom. The fraction of sp³-hybridized carbons (Fsp3) is 0.208. The molecular formula is C24H27ClN5O4P. The normalized spacial score (nSPS) is 10.9. The van der Waals surface area contributed by atoms with Crippen LogP contribution in [0, 0.1) is 6.92 Å². The molecule has 0 atom stereocenters. The van der Waals surface area contributed by atoms with Crippen molar-refractivity contribution < 1.29 is 18.8 Å². The molecule has 3 N–H and O–H groups in total. The second-order valence-corrected chi connectivity index (χ2v) is 11.5. The van der Waals surface area contributed by atoms with E-state index in [1.807, 2.05) is 25.1 Å². The van der Waals surface area contributed by atoms with Gasteiger partial charge in [0.05, 0.1) is 37.5 Å². The monoisotopic (exact) mass is 515 g/mol. The summed E-state index contributed by atoms with van der Waals surface area (Å²) in [7, 11) is 0.402. The highest BCUT2D eigenvalue weighted by molar-refractivity contribution is 7.70. The summed E-state index contributed by atoms with van der Waals surface area (Å²) >= 11 is 6.37. The molecule has 0 radical (unpaired) electrons. The molecule has 35 heavy (non-hydrogen) atoms. The predicted octanol–water partition coefficient (Wildman–Crippen LogP) is 5.32. The molecule has 3 rings (SSSR count). The van der Waals surface area contributed by atoms with Crippen LogP contribution in [-0.4, -0.2) is 43.4 Å². The first-order valence-electron chi connectivity index (χ1n) is 10.5. The van der Waals surface area contributed by atoms with Crippen molar-refractivity contribution in [3.8, 4) is 11.5 Å². The summed E-state index contributed by atoms with van der Waals surface area (Å²) in [4.78, 5) is 20.6. The van der Waals surface area contributed by atoms with Crippen LogP contribution in [0.2, 0.25) is 5.02 Å². The van der Waals surface area contributed by atoms with E-state index in [4.69, 9.17) is 21.1 Å². The molecule has 2 aromatic carbocycles. The number of ether oxygens (including phenoxy) is 2. The molecule has 1 aromatic heterocycles. The molecule has 0 fully saturated rings. The largest absolute Gasteiger partial charge is 0.494 e. The van der Waals surface area contributed by atoms with Crippen LogP contribution in [-0.2, 0) is 9.36 Å². The lowest BCUT2D eigenvalue weighted by atomic mass is 10.2. The van der Waals surface area contributed by atoms with Crippen molar-refractivity contribution in [1.82, 2.24) is 9.97 Å². The van der Waals surface area contributed by atoms with Crippen molar-refractivity contribution in [2.45, 2.75) is 6.92 Å². The second-order valence-electron chi connectivity index (χ2n) is 7.91. The number of methoxy groups -OCH3 is 2. The van der Waals surface area contributed by atoms with E-state index in [-0.39, 0.29) is 11.0 Å². The minimum Gasteiger partial charge on any atom is -0.494 e. The van der Waals surface area contributed by atoms with E-state index in [9.17, 15) is 9.36 Å². The Labute approximate surface area is 209 Å². The lowest BCUT2D eigenvalue weighted by Crippen LogP contribution is -2.14. The Morgan fingerprint density at radius 2 is 1.77 bits per heavy atom. The van der Waals surface area contributed by atoms with Crippen LogP contribution in [0.15, 0.2) is 49.2 Å². The standard InChI is InChI=1S/C24H27ClN5O4P/c1-7-21(31)27-17-11-18(20(34-4)12-19(17)33-3)29-24-26-13-15(25)23(30-24)28-16-10-8-9-14(2)22(16)35(5,6)32/h7-13H,1H2,2-6H3,(H,27,31)(H2,26,28,29,30). The first kappa shape index (κ1) is 26.1. The molecule has 1 heterocycles. The molecule has 0 saturated heterocycles. The molecular weight excluding hydrogens is 489 g/mol. The van der Waals surface area contributed by atoms with Gasteiger partial charge >= 0.3 is 0 Å². The fourth-order valence-electron chi connectivity index (χ4n) is 3.52. The number of aromatic nitrogens is 2. The highest BCUT2D eigenvalue weighted by Crippen LogP contribution is 2.41. The van der Waals surface area contributed by atoms with Gasteiger partial charge in [0.25, 0.3) is 0 Å². The predicted molar refractivity (Wildman–Crippen MR) is 142 cm³/mol. The van der Waals surface area contributed by atoms with E-state index < -0.39 is 13.0 Å². The Kier molecular flexibility index (Phi) is 8.04. The molecule has 0 spiro atoms. The number of hydrogen-bond donors (Lipinski definition) is 3. The van der Waals surface area contributed by atoms with Crippen LogP contribution < -0.4 is 30.7 Å². The Bertz CT molecular complexity index is 1330. The summed E-state index contributed by atoms with van der Waals surface area (Å²) in [5.74, 6) is 0.985. The topological polar surface area (TPSA) is 114 Å². The molecule has 184 valence electrons. The number of nitrogens with zero attached hydrogens (tertiary/aromatic N) is 2. The third kappa shape index (κ3) is 6.12. The van der Waals surface area contributed by atoms with Gasteiger partial charge in [-0.05, 0) is 44.0 Å². The molecule has 0 unspecified atom stereocenters. The highest BCUT2D eigenvalue weighted by atomic mass is 35.5. The summed E-state index contributed by atoms with van der Waals surface area (Å²) in [6.07, 6.45) is 2.60. The average molecular weight is 516 g/mol. The van der Waals surface area contributed by atoms with Crippen molar-refractivity contribution in [2.75, 3.05) is 43.5 Å². The van der Waals surface area contributed by atoms with Gasteiger partial charge in [-0.25, -0.2) is 4.98 Å². The summed E-state index contributed by atoms with van der Waals surface area (Å²) in [6, 6.07) is 8.86. The van der Waals surface area contributed by atoms with Gasteiger partial charge in [-0.3, -0.25) is 4.79 Å². The second kappa shape index (κ2) is 10.8. The molecule has 0 aliphatic heterocycles. The van der Waals surface area contributed by atoms with E-state index in [1.165, 1.54) is 20.4 Å². The average Bonchev–Trinajstić information content (AvgIpc) is 2.80. The van der Waals surface area contributed by atoms with Crippen LogP contribution in [0.5, 0.6) is 11.5 Å². The van der Waals surface area contributed by atoms with Gasteiger partial charge in [-0.1, -0.05) is 30.3 Å². The number of amides is 1. The summed E-state index contributed by atoms with van der Waals surface area (Å²) < 4.78 is 23.7. The molecule has 0 aliphatic rings. The van der Waals surface area contributed by atoms with Gasteiger partial charge in [0.1, 0.15) is 23.7 Å². The minimum atomic E-state index is -2.59. The van der Waals surface area contributed by atoms with Crippen molar-refractivity contribution in [2.24, 2.45) is 0 Å². The summed E-state index contributed by atoms with van der Waals surface area (Å²) in [5, 5.41) is 9.97. The number of anilines is 5. The van der Waals surface area contributed by atoms with Crippen molar-refractivity contribution in [3.63, 3.8) is 0 Å². The number of hydrogen-bond acceptors (Lipinski definition) is 8. The third-order valence-electron chi connectivity index (χ3n) is 4.98. The van der Waals surface area contributed by atoms with Crippen LogP contribution in [0.4, 0.5) is 28.8 Å². The smallest absolute Gasteiger partial charge is 0.247 e. The first-order chi connectivity index (χ1) is 16.6. The lowest BCUT2D eigenvalue weighted by molar-refractivity contribution is -0.111. The quantitative estimate of drug-likeness (QED) is 0.259. The summed E-state index contributed by atoms with van der Waals surface area (Å²) in [6.45, 7) is 8.81.